The molecule has 1 aromatic heterocycles. The highest BCUT2D eigenvalue weighted by Crippen LogP contribution is 2.30. The number of aryl methyl sites for hydroxylation is 1. The molecule has 2 aromatic rings. The number of ether oxygens (including phenoxy) is 1. The summed E-state index contributed by atoms with van der Waals surface area (Å²) >= 11 is 0. The summed E-state index contributed by atoms with van der Waals surface area (Å²) in [6.07, 6.45) is 0.817. The summed E-state index contributed by atoms with van der Waals surface area (Å²) in [7, 11) is 0. The Morgan fingerprint density at radius 2 is 2.33 bits per heavy atom. The largest absolute Gasteiger partial charge is 0.363 e. The number of rotatable bonds is 5. The molecule has 0 bridgehead atoms. The van der Waals surface area contributed by atoms with E-state index >= 15 is 0 Å². The van der Waals surface area contributed by atoms with E-state index in [1.807, 2.05) is 20.0 Å². The lowest BCUT2D eigenvalue weighted by atomic mass is 10.2. The molecule has 5 nitrogen and oxygen atoms in total. The Bertz CT molecular complexity index is 652. The van der Waals surface area contributed by atoms with Crippen molar-refractivity contribution in [2.24, 2.45) is 0 Å². The number of aromatic nitrogens is 2. The maximum absolute atomic E-state index is 13.2. The first kappa shape index (κ1) is 14.2. The van der Waals surface area contributed by atoms with Crippen LogP contribution in [0.15, 0.2) is 24.4 Å². The van der Waals surface area contributed by atoms with Crippen LogP contribution in [0, 0.1) is 12.7 Å². The fourth-order valence-corrected chi connectivity index (χ4v) is 2.38. The number of hydrogen-bond donors (Lipinski definition) is 2. The average molecular weight is 291 g/mol. The molecule has 0 amide bonds. The topological polar surface area (TPSA) is 69.2 Å². The standard InChI is InChI=1S/C15H18FN3O2/c1-3-21-15(20)14-11(12-7-17-12)8-19(18-14)13-5-4-10(16)6-9(13)2/h4-6,8,12,15,17,20H,3,7H2,1-2H3. The lowest BCUT2D eigenvalue weighted by Gasteiger charge is -2.09. The van der Waals surface area contributed by atoms with E-state index in [0.29, 0.717) is 12.3 Å². The Labute approximate surface area is 122 Å². The molecule has 1 aliphatic heterocycles. The fourth-order valence-electron chi connectivity index (χ4n) is 2.38. The van der Waals surface area contributed by atoms with Crippen LogP contribution < -0.4 is 5.32 Å². The Hall–Kier alpha value is -1.76. The van der Waals surface area contributed by atoms with Gasteiger partial charge in [-0.2, -0.15) is 5.10 Å². The number of benzene rings is 1. The van der Waals surface area contributed by atoms with Crippen molar-refractivity contribution in [3.63, 3.8) is 0 Å². The predicted octanol–water partition coefficient (Wildman–Crippen LogP) is 1.99. The number of aliphatic hydroxyl groups excluding tert-OH is 1. The third-order valence-electron chi connectivity index (χ3n) is 3.52. The minimum Gasteiger partial charge on any atom is -0.363 e. The summed E-state index contributed by atoms with van der Waals surface area (Å²) in [5.74, 6) is -0.276. The second-order valence-electron chi connectivity index (χ2n) is 5.11. The molecular weight excluding hydrogens is 273 g/mol. The number of nitrogens with zero attached hydrogens (tertiary/aromatic N) is 2. The maximum Gasteiger partial charge on any atom is 0.200 e. The van der Waals surface area contributed by atoms with E-state index < -0.39 is 6.29 Å². The molecule has 0 aliphatic carbocycles. The molecule has 1 aromatic carbocycles. The fraction of sp³-hybridized carbons (Fsp3) is 0.400. The van der Waals surface area contributed by atoms with Gasteiger partial charge in [0.1, 0.15) is 11.5 Å². The van der Waals surface area contributed by atoms with Crippen LogP contribution in [0.3, 0.4) is 0 Å². The molecule has 2 heterocycles. The summed E-state index contributed by atoms with van der Waals surface area (Å²) in [5.41, 5.74) is 2.99. The van der Waals surface area contributed by atoms with Crippen LogP contribution in [-0.2, 0) is 4.74 Å². The monoisotopic (exact) mass is 291 g/mol. The van der Waals surface area contributed by atoms with Gasteiger partial charge in [0.2, 0.25) is 6.29 Å². The van der Waals surface area contributed by atoms with Crippen LogP contribution in [0.4, 0.5) is 4.39 Å². The highest BCUT2D eigenvalue weighted by atomic mass is 19.1. The third-order valence-corrected chi connectivity index (χ3v) is 3.52. The number of aliphatic hydroxyl groups is 1. The molecule has 1 fully saturated rings. The zero-order chi connectivity index (χ0) is 15.0. The smallest absolute Gasteiger partial charge is 0.200 e. The van der Waals surface area contributed by atoms with Crippen LogP contribution in [-0.4, -0.2) is 28.0 Å². The first-order valence-corrected chi connectivity index (χ1v) is 6.99. The first-order valence-electron chi connectivity index (χ1n) is 6.99. The number of halogens is 1. The van der Waals surface area contributed by atoms with Crippen LogP contribution in [0.2, 0.25) is 0 Å². The molecule has 1 saturated heterocycles. The zero-order valence-electron chi connectivity index (χ0n) is 12.0. The van der Waals surface area contributed by atoms with Crippen LogP contribution >= 0.6 is 0 Å². The first-order chi connectivity index (χ1) is 10.1. The van der Waals surface area contributed by atoms with Gasteiger partial charge in [0, 0.05) is 31.0 Å². The van der Waals surface area contributed by atoms with Crippen molar-refractivity contribution in [1.82, 2.24) is 15.1 Å². The van der Waals surface area contributed by atoms with E-state index in [-0.39, 0.29) is 11.9 Å². The van der Waals surface area contributed by atoms with E-state index in [1.165, 1.54) is 12.1 Å². The molecule has 6 heteroatoms. The second kappa shape index (κ2) is 5.55. The van der Waals surface area contributed by atoms with Gasteiger partial charge < -0.3 is 15.2 Å². The lowest BCUT2D eigenvalue weighted by molar-refractivity contribution is -0.101. The lowest BCUT2D eigenvalue weighted by Crippen LogP contribution is -2.07. The number of hydrogen-bond acceptors (Lipinski definition) is 4. The molecule has 0 radical (unpaired) electrons. The summed E-state index contributed by atoms with van der Waals surface area (Å²) in [6.45, 7) is 4.91. The van der Waals surface area contributed by atoms with Gasteiger partial charge >= 0.3 is 0 Å². The molecule has 1 aliphatic rings. The molecule has 0 spiro atoms. The van der Waals surface area contributed by atoms with Crippen molar-refractivity contribution in [2.45, 2.75) is 26.2 Å². The van der Waals surface area contributed by atoms with Crippen molar-refractivity contribution in [3.05, 3.63) is 47.0 Å². The van der Waals surface area contributed by atoms with Gasteiger partial charge in [0.25, 0.3) is 0 Å². The van der Waals surface area contributed by atoms with Gasteiger partial charge in [0.15, 0.2) is 0 Å². The molecule has 112 valence electrons. The van der Waals surface area contributed by atoms with Gasteiger partial charge in [-0.3, -0.25) is 0 Å². The van der Waals surface area contributed by atoms with Crippen LogP contribution in [0.25, 0.3) is 5.69 Å². The molecular formula is C15H18FN3O2. The summed E-state index contributed by atoms with van der Waals surface area (Å²) < 4.78 is 20.1. The van der Waals surface area contributed by atoms with Gasteiger partial charge in [-0.05, 0) is 37.6 Å². The van der Waals surface area contributed by atoms with Crippen LogP contribution in [0.5, 0.6) is 0 Å². The van der Waals surface area contributed by atoms with Gasteiger partial charge in [-0.15, -0.1) is 0 Å². The molecule has 3 rings (SSSR count). The Morgan fingerprint density at radius 1 is 1.57 bits per heavy atom. The molecule has 2 atom stereocenters. The van der Waals surface area contributed by atoms with E-state index in [4.69, 9.17) is 4.74 Å². The quantitative estimate of drug-likeness (QED) is 0.653. The third kappa shape index (κ3) is 2.83. The van der Waals surface area contributed by atoms with E-state index in [1.54, 1.807) is 10.7 Å². The van der Waals surface area contributed by atoms with E-state index in [9.17, 15) is 9.50 Å². The average Bonchev–Trinajstić information content (AvgIpc) is 3.19. The van der Waals surface area contributed by atoms with Crippen molar-refractivity contribution < 1.29 is 14.2 Å². The van der Waals surface area contributed by atoms with Gasteiger partial charge in [-0.25, -0.2) is 9.07 Å². The Morgan fingerprint density at radius 3 is 2.95 bits per heavy atom. The Kier molecular flexibility index (Phi) is 3.75. The molecule has 2 unspecified atom stereocenters. The van der Waals surface area contributed by atoms with E-state index in [0.717, 1.165) is 23.4 Å². The molecule has 0 saturated carbocycles. The second-order valence-corrected chi connectivity index (χ2v) is 5.11. The summed E-state index contributed by atoms with van der Waals surface area (Å²) in [6, 6.07) is 4.74. The Balaban J connectivity index is 2.01. The van der Waals surface area contributed by atoms with E-state index in [2.05, 4.69) is 10.4 Å². The highest BCUT2D eigenvalue weighted by molar-refractivity contribution is 5.41. The van der Waals surface area contributed by atoms with Crippen molar-refractivity contribution in [3.8, 4) is 5.69 Å². The molecule has 21 heavy (non-hydrogen) atoms. The van der Waals surface area contributed by atoms with Crippen molar-refractivity contribution in [1.29, 1.82) is 0 Å². The maximum atomic E-state index is 13.2. The van der Waals surface area contributed by atoms with Gasteiger partial charge in [0.05, 0.1) is 5.69 Å². The predicted molar refractivity (Wildman–Crippen MR) is 75.6 cm³/mol. The SMILES string of the molecule is CCOC(O)c1nn(-c2ccc(F)cc2C)cc1C1CN1. The summed E-state index contributed by atoms with van der Waals surface area (Å²) in [4.78, 5) is 0. The zero-order valence-corrected chi connectivity index (χ0v) is 12.0. The summed E-state index contributed by atoms with van der Waals surface area (Å²) in [5, 5.41) is 17.7. The minimum absolute atomic E-state index is 0.199. The number of nitrogens with one attached hydrogen (secondary N) is 1. The van der Waals surface area contributed by atoms with Crippen molar-refractivity contribution >= 4 is 0 Å². The highest BCUT2D eigenvalue weighted by Gasteiger charge is 2.31. The van der Waals surface area contributed by atoms with Gasteiger partial charge in [-0.1, -0.05) is 0 Å². The van der Waals surface area contributed by atoms with Crippen LogP contribution in [0.1, 0.15) is 36.1 Å². The minimum atomic E-state index is -1.05. The normalized spacial score (nSPS) is 18.8. The molecule has 2 N–H and O–H groups in total. The van der Waals surface area contributed by atoms with Crippen molar-refractivity contribution in [2.75, 3.05) is 13.2 Å².